The molecule has 1 aliphatic heterocycles. The number of carboxylic acid groups (broad SMARTS) is 1. The smallest absolute Gasteiger partial charge is 0.417 e. The Hall–Kier alpha value is -1.54. The van der Waals surface area contributed by atoms with Crippen molar-refractivity contribution in [1.82, 2.24) is 4.98 Å². The molecule has 0 radical (unpaired) electrons. The molecule has 110 valence electrons. The lowest BCUT2D eigenvalue weighted by Crippen LogP contribution is -2.50. The molecule has 2 heterocycles. The van der Waals surface area contributed by atoms with E-state index in [0.29, 0.717) is 6.20 Å². The molecule has 0 saturated carbocycles. The first-order valence-corrected chi connectivity index (χ1v) is 5.98. The van der Waals surface area contributed by atoms with Gasteiger partial charge in [0.1, 0.15) is 5.82 Å². The first kappa shape index (κ1) is 14.9. The minimum atomic E-state index is -4.55. The van der Waals surface area contributed by atoms with Crippen molar-refractivity contribution < 1.29 is 27.8 Å². The monoisotopic (exact) mass is 310 g/mol. The lowest BCUT2D eigenvalue weighted by atomic mass is 10.2. The molecule has 1 fully saturated rings. The number of alkyl halides is 3. The first-order chi connectivity index (χ1) is 9.30. The number of hydrogen-bond donors (Lipinski definition) is 1. The van der Waals surface area contributed by atoms with E-state index in [4.69, 9.17) is 21.4 Å². The van der Waals surface area contributed by atoms with Gasteiger partial charge < -0.3 is 14.7 Å². The normalized spacial score (nSPS) is 20.0. The Balaban J connectivity index is 2.34. The number of carbonyl (C=O) groups is 1. The van der Waals surface area contributed by atoms with E-state index >= 15 is 0 Å². The van der Waals surface area contributed by atoms with Crippen molar-refractivity contribution in [2.75, 3.05) is 24.7 Å². The zero-order valence-electron chi connectivity index (χ0n) is 10.0. The Morgan fingerprint density at radius 2 is 2.25 bits per heavy atom. The fraction of sp³-hybridized carbons (Fsp3) is 0.455. The van der Waals surface area contributed by atoms with Gasteiger partial charge in [-0.3, -0.25) is 0 Å². The second-order valence-corrected chi connectivity index (χ2v) is 4.56. The van der Waals surface area contributed by atoms with Crippen LogP contribution >= 0.6 is 11.6 Å². The number of aliphatic carboxylic acids is 1. The second kappa shape index (κ2) is 5.45. The molecule has 5 nitrogen and oxygen atoms in total. The van der Waals surface area contributed by atoms with Gasteiger partial charge in [-0.2, -0.15) is 13.2 Å². The fourth-order valence-corrected chi connectivity index (χ4v) is 2.13. The molecule has 1 unspecified atom stereocenters. The van der Waals surface area contributed by atoms with E-state index in [9.17, 15) is 18.0 Å². The van der Waals surface area contributed by atoms with Gasteiger partial charge in [0.25, 0.3) is 0 Å². The topological polar surface area (TPSA) is 62.7 Å². The number of carboxylic acids is 1. The molecule has 1 aliphatic rings. The Morgan fingerprint density at radius 3 is 2.80 bits per heavy atom. The quantitative estimate of drug-likeness (QED) is 0.906. The summed E-state index contributed by atoms with van der Waals surface area (Å²) in [5.74, 6) is -1.14. The van der Waals surface area contributed by atoms with Crippen molar-refractivity contribution >= 4 is 23.4 Å². The molecule has 0 aliphatic carbocycles. The van der Waals surface area contributed by atoms with Crippen molar-refractivity contribution in [2.45, 2.75) is 12.2 Å². The molecule has 0 bridgehead atoms. The maximum Gasteiger partial charge on any atom is 0.417 e. The van der Waals surface area contributed by atoms with Gasteiger partial charge in [0.2, 0.25) is 0 Å². The van der Waals surface area contributed by atoms with E-state index in [1.54, 1.807) is 0 Å². The summed E-state index contributed by atoms with van der Waals surface area (Å²) in [7, 11) is 0. The molecular formula is C11H10ClF3N2O3. The third-order valence-electron chi connectivity index (χ3n) is 2.83. The average molecular weight is 311 g/mol. The molecule has 1 aromatic heterocycles. The molecular weight excluding hydrogens is 301 g/mol. The number of morpholine rings is 1. The SMILES string of the molecule is O=C(O)C1COCCN1c1ncc(C(F)(F)F)cc1Cl. The predicted octanol–water partition coefficient (Wildman–Crippen LogP) is 2.04. The van der Waals surface area contributed by atoms with Crippen LogP contribution in [0.1, 0.15) is 5.56 Å². The molecule has 0 spiro atoms. The van der Waals surface area contributed by atoms with Crippen LogP contribution in [0.4, 0.5) is 19.0 Å². The van der Waals surface area contributed by atoms with Crippen LogP contribution in [-0.2, 0) is 15.7 Å². The van der Waals surface area contributed by atoms with Crippen molar-refractivity contribution in [3.8, 4) is 0 Å². The number of aromatic nitrogens is 1. The van der Waals surface area contributed by atoms with Gasteiger partial charge in [0.05, 0.1) is 23.8 Å². The summed E-state index contributed by atoms with van der Waals surface area (Å²) in [5.41, 5.74) is -0.980. The highest BCUT2D eigenvalue weighted by Gasteiger charge is 2.34. The summed E-state index contributed by atoms with van der Waals surface area (Å²) >= 11 is 5.80. The largest absolute Gasteiger partial charge is 0.480 e. The molecule has 0 aromatic carbocycles. The highest BCUT2D eigenvalue weighted by molar-refractivity contribution is 6.33. The number of anilines is 1. The Morgan fingerprint density at radius 1 is 1.55 bits per heavy atom. The van der Waals surface area contributed by atoms with Gasteiger partial charge in [-0.25, -0.2) is 9.78 Å². The highest BCUT2D eigenvalue weighted by Crippen LogP contribution is 2.34. The van der Waals surface area contributed by atoms with Crippen LogP contribution in [0.25, 0.3) is 0 Å². The van der Waals surface area contributed by atoms with Gasteiger partial charge in [-0.1, -0.05) is 11.6 Å². The van der Waals surface area contributed by atoms with Gasteiger partial charge in [-0.15, -0.1) is 0 Å². The number of hydrogen-bond acceptors (Lipinski definition) is 4. The minimum Gasteiger partial charge on any atom is -0.480 e. The molecule has 2 rings (SSSR count). The van der Waals surface area contributed by atoms with E-state index in [-0.39, 0.29) is 30.6 Å². The molecule has 1 atom stereocenters. The lowest BCUT2D eigenvalue weighted by molar-refractivity contribution is -0.141. The van der Waals surface area contributed by atoms with Gasteiger partial charge >= 0.3 is 12.1 Å². The van der Waals surface area contributed by atoms with Crippen LogP contribution in [0.3, 0.4) is 0 Å². The van der Waals surface area contributed by atoms with Crippen LogP contribution < -0.4 is 4.90 Å². The highest BCUT2D eigenvalue weighted by atomic mass is 35.5. The number of nitrogens with zero attached hydrogens (tertiary/aromatic N) is 2. The third kappa shape index (κ3) is 2.96. The standard InChI is InChI=1S/C11H10ClF3N2O3/c12-7-3-6(11(13,14)15)4-16-9(7)17-1-2-20-5-8(17)10(18)19/h3-4,8H,1-2,5H2,(H,18,19). The lowest BCUT2D eigenvalue weighted by Gasteiger charge is -2.34. The van der Waals surface area contributed by atoms with Crippen LogP contribution in [-0.4, -0.2) is 41.9 Å². The number of rotatable bonds is 2. The van der Waals surface area contributed by atoms with E-state index in [1.165, 1.54) is 4.90 Å². The zero-order chi connectivity index (χ0) is 14.9. The molecule has 1 aromatic rings. The van der Waals surface area contributed by atoms with E-state index < -0.39 is 23.8 Å². The van der Waals surface area contributed by atoms with E-state index in [2.05, 4.69) is 4.98 Å². The van der Waals surface area contributed by atoms with Crippen LogP contribution in [0, 0.1) is 0 Å². The van der Waals surface area contributed by atoms with Crippen LogP contribution in [0.2, 0.25) is 5.02 Å². The van der Waals surface area contributed by atoms with Crippen molar-refractivity contribution in [3.63, 3.8) is 0 Å². The fourth-order valence-electron chi connectivity index (χ4n) is 1.86. The predicted molar refractivity (Wildman–Crippen MR) is 63.8 cm³/mol. The number of halogens is 4. The Bertz CT molecular complexity index is 524. The number of pyridine rings is 1. The molecule has 1 N–H and O–H groups in total. The Kier molecular flexibility index (Phi) is 4.05. The average Bonchev–Trinajstić information content (AvgIpc) is 2.37. The van der Waals surface area contributed by atoms with Crippen molar-refractivity contribution in [3.05, 3.63) is 22.8 Å². The summed E-state index contributed by atoms with van der Waals surface area (Å²) in [6, 6.07) is -0.288. The molecule has 1 saturated heterocycles. The van der Waals surface area contributed by atoms with Gasteiger partial charge in [0, 0.05) is 12.7 Å². The maximum absolute atomic E-state index is 12.5. The minimum absolute atomic E-state index is 0.00960. The zero-order valence-corrected chi connectivity index (χ0v) is 10.8. The van der Waals surface area contributed by atoms with E-state index in [0.717, 1.165) is 6.07 Å². The van der Waals surface area contributed by atoms with Crippen LogP contribution in [0.15, 0.2) is 12.3 Å². The second-order valence-electron chi connectivity index (χ2n) is 4.15. The summed E-state index contributed by atoms with van der Waals surface area (Å²) in [6.45, 7) is 0.367. The van der Waals surface area contributed by atoms with Crippen molar-refractivity contribution in [2.24, 2.45) is 0 Å². The third-order valence-corrected chi connectivity index (χ3v) is 3.11. The molecule has 20 heavy (non-hydrogen) atoms. The summed E-state index contributed by atoms with van der Waals surface area (Å²) in [5, 5.41) is 8.83. The number of ether oxygens (including phenoxy) is 1. The van der Waals surface area contributed by atoms with E-state index in [1.807, 2.05) is 0 Å². The van der Waals surface area contributed by atoms with Crippen molar-refractivity contribution in [1.29, 1.82) is 0 Å². The summed E-state index contributed by atoms with van der Waals surface area (Å²) in [4.78, 5) is 16.1. The maximum atomic E-state index is 12.5. The molecule has 0 amide bonds. The van der Waals surface area contributed by atoms with Crippen LogP contribution in [0.5, 0.6) is 0 Å². The first-order valence-electron chi connectivity index (χ1n) is 5.60. The summed E-state index contributed by atoms with van der Waals surface area (Å²) in [6.07, 6.45) is -3.91. The van der Waals surface area contributed by atoms with Gasteiger partial charge in [0.15, 0.2) is 6.04 Å². The molecule has 9 heteroatoms. The Labute approximate surface area is 116 Å². The van der Waals surface area contributed by atoms with Gasteiger partial charge in [-0.05, 0) is 6.07 Å². The summed E-state index contributed by atoms with van der Waals surface area (Å²) < 4.78 is 42.6.